The molecule has 0 saturated carbocycles. The molecule has 0 aliphatic carbocycles. The summed E-state index contributed by atoms with van der Waals surface area (Å²) in [6.45, 7) is 12.4. The van der Waals surface area contributed by atoms with Crippen molar-refractivity contribution in [2.75, 3.05) is 6.54 Å². The van der Waals surface area contributed by atoms with Crippen LogP contribution in [0, 0.1) is 5.92 Å². The fourth-order valence-electron chi connectivity index (χ4n) is 2.09. The molecule has 0 heterocycles. The summed E-state index contributed by atoms with van der Waals surface area (Å²) >= 11 is 0. The third-order valence-electron chi connectivity index (χ3n) is 3.58. The van der Waals surface area contributed by atoms with E-state index in [2.05, 4.69) is 64.2 Å². The summed E-state index contributed by atoms with van der Waals surface area (Å²) in [6, 6.07) is 9.78. The van der Waals surface area contributed by atoms with Gasteiger partial charge in [0.15, 0.2) is 0 Å². The van der Waals surface area contributed by atoms with Crippen molar-refractivity contribution < 1.29 is 0 Å². The standard InChI is InChI=1S/C17H29N/c1-6-15(5)18-12-14(4)17-9-7-16(8-10-17)11-13(2)3/h7-10,13-15,18H,6,11-12H2,1-5H3. The summed E-state index contributed by atoms with van der Waals surface area (Å²) in [4.78, 5) is 0. The lowest BCUT2D eigenvalue weighted by molar-refractivity contribution is 0.508. The van der Waals surface area contributed by atoms with E-state index in [4.69, 9.17) is 0 Å². The monoisotopic (exact) mass is 247 g/mol. The van der Waals surface area contributed by atoms with E-state index in [1.165, 1.54) is 24.0 Å². The molecule has 0 radical (unpaired) electrons. The van der Waals surface area contributed by atoms with Gasteiger partial charge in [0.2, 0.25) is 0 Å². The molecule has 0 aromatic heterocycles. The van der Waals surface area contributed by atoms with Crippen molar-refractivity contribution in [3.8, 4) is 0 Å². The third-order valence-corrected chi connectivity index (χ3v) is 3.58. The zero-order chi connectivity index (χ0) is 13.5. The number of hydrogen-bond acceptors (Lipinski definition) is 1. The molecule has 0 bridgehead atoms. The second kappa shape index (κ2) is 7.58. The van der Waals surface area contributed by atoms with Crippen molar-refractivity contribution >= 4 is 0 Å². The van der Waals surface area contributed by atoms with Gasteiger partial charge in [-0.15, -0.1) is 0 Å². The Labute approximate surface area is 113 Å². The lowest BCUT2D eigenvalue weighted by Gasteiger charge is -2.17. The second-order valence-corrected chi connectivity index (χ2v) is 5.96. The van der Waals surface area contributed by atoms with Gasteiger partial charge >= 0.3 is 0 Å². The van der Waals surface area contributed by atoms with Crippen LogP contribution >= 0.6 is 0 Å². The van der Waals surface area contributed by atoms with Crippen LogP contribution < -0.4 is 5.32 Å². The first-order chi connectivity index (χ1) is 8.52. The zero-order valence-electron chi connectivity index (χ0n) is 12.7. The van der Waals surface area contributed by atoms with Gasteiger partial charge in [-0.1, -0.05) is 52.0 Å². The van der Waals surface area contributed by atoms with Gasteiger partial charge in [-0.3, -0.25) is 0 Å². The summed E-state index contributed by atoms with van der Waals surface area (Å²) in [5.41, 5.74) is 2.90. The average molecular weight is 247 g/mol. The maximum atomic E-state index is 3.58. The van der Waals surface area contributed by atoms with Gasteiger partial charge in [-0.05, 0) is 42.7 Å². The Kier molecular flexibility index (Phi) is 6.42. The third kappa shape index (κ3) is 5.22. The van der Waals surface area contributed by atoms with Crippen LogP contribution in [0.25, 0.3) is 0 Å². The minimum atomic E-state index is 0.590. The highest BCUT2D eigenvalue weighted by atomic mass is 14.9. The quantitative estimate of drug-likeness (QED) is 0.754. The zero-order valence-corrected chi connectivity index (χ0v) is 12.7. The molecule has 1 N–H and O–H groups in total. The molecule has 1 nitrogen and oxygen atoms in total. The van der Waals surface area contributed by atoms with Crippen LogP contribution in [0.15, 0.2) is 24.3 Å². The Morgan fingerprint density at radius 3 is 2.11 bits per heavy atom. The maximum absolute atomic E-state index is 3.58. The molecule has 2 atom stereocenters. The molecule has 0 amide bonds. The highest BCUT2D eigenvalue weighted by Crippen LogP contribution is 2.17. The van der Waals surface area contributed by atoms with Crippen molar-refractivity contribution in [2.24, 2.45) is 5.92 Å². The number of nitrogens with one attached hydrogen (secondary N) is 1. The van der Waals surface area contributed by atoms with E-state index < -0.39 is 0 Å². The van der Waals surface area contributed by atoms with Gasteiger partial charge < -0.3 is 5.32 Å². The lowest BCUT2D eigenvalue weighted by Crippen LogP contribution is -2.28. The van der Waals surface area contributed by atoms with Gasteiger partial charge in [0.1, 0.15) is 0 Å². The van der Waals surface area contributed by atoms with Crippen molar-refractivity contribution in [3.05, 3.63) is 35.4 Å². The highest BCUT2D eigenvalue weighted by molar-refractivity contribution is 5.25. The van der Waals surface area contributed by atoms with Crippen molar-refractivity contribution in [2.45, 2.75) is 59.4 Å². The molecule has 0 aliphatic rings. The normalized spacial score (nSPS) is 14.8. The number of benzene rings is 1. The van der Waals surface area contributed by atoms with E-state index in [0.717, 1.165) is 12.5 Å². The molecule has 0 saturated heterocycles. The smallest absolute Gasteiger partial charge is 0.00363 e. The Morgan fingerprint density at radius 1 is 1.00 bits per heavy atom. The SMILES string of the molecule is CCC(C)NCC(C)c1ccc(CC(C)C)cc1. The van der Waals surface area contributed by atoms with Crippen molar-refractivity contribution in [3.63, 3.8) is 0 Å². The molecule has 0 spiro atoms. The number of rotatable bonds is 7. The van der Waals surface area contributed by atoms with E-state index >= 15 is 0 Å². The Balaban J connectivity index is 2.50. The van der Waals surface area contributed by atoms with E-state index in [-0.39, 0.29) is 0 Å². The predicted molar refractivity (Wildman–Crippen MR) is 81.2 cm³/mol. The second-order valence-electron chi connectivity index (χ2n) is 5.96. The van der Waals surface area contributed by atoms with Gasteiger partial charge in [-0.2, -0.15) is 0 Å². The Bertz CT molecular complexity index is 326. The van der Waals surface area contributed by atoms with Crippen LogP contribution in [0.3, 0.4) is 0 Å². The maximum Gasteiger partial charge on any atom is 0.00363 e. The lowest BCUT2D eigenvalue weighted by atomic mass is 9.96. The van der Waals surface area contributed by atoms with Crippen molar-refractivity contribution in [1.29, 1.82) is 0 Å². The fraction of sp³-hybridized carbons (Fsp3) is 0.647. The topological polar surface area (TPSA) is 12.0 Å². The summed E-state index contributed by atoms with van der Waals surface area (Å²) in [5.74, 6) is 1.33. The summed E-state index contributed by atoms with van der Waals surface area (Å²) in [5, 5.41) is 3.58. The fourth-order valence-corrected chi connectivity index (χ4v) is 2.09. The molecule has 0 fully saturated rings. The Morgan fingerprint density at radius 2 is 1.61 bits per heavy atom. The molecule has 18 heavy (non-hydrogen) atoms. The van der Waals surface area contributed by atoms with Gasteiger partial charge in [0, 0.05) is 12.6 Å². The van der Waals surface area contributed by atoms with Crippen LogP contribution in [0.1, 0.15) is 58.1 Å². The van der Waals surface area contributed by atoms with E-state index in [0.29, 0.717) is 12.0 Å². The van der Waals surface area contributed by atoms with Gasteiger partial charge in [-0.25, -0.2) is 0 Å². The molecular weight excluding hydrogens is 218 g/mol. The molecule has 1 aromatic carbocycles. The Hall–Kier alpha value is -0.820. The summed E-state index contributed by atoms with van der Waals surface area (Å²) < 4.78 is 0. The van der Waals surface area contributed by atoms with Crippen LogP contribution in [-0.2, 0) is 6.42 Å². The molecule has 1 heteroatoms. The number of hydrogen-bond donors (Lipinski definition) is 1. The van der Waals surface area contributed by atoms with Gasteiger partial charge in [0.05, 0.1) is 0 Å². The highest BCUT2D eigenvalue weighted by Gasteiger charge is 2.07. The van der Waals surface area contributed by atoms with Crippen molar-refractivity contribution in [1.82, 2.24) is 5.32 Å². The van der Waals surface area contributed by atoms with Gasteiger partial charge in [0.25, 0.3) is 0 Å². The average Bonchev–Trinajstić information content (AvgIpc) is 2.35. The molecule has 2 unspecified atom stereocenters. The molecular formula is C17H29N. The van der Waals surface area contributed by atoms with Crippen LogP contribution in [-0.4, -0.2) is 12.6 Å². The molecule has 1 aromatic rings. The van der Waals surface area contributed by atoms with E-state index in [1.54, 1.807) is 0 Å². The summed E-state index contributed by atoms with van der Waals surface area (Å²) in [7, 11) is 0. The predicted octanol–water partition coefficient (Wildman–Crippen LogP) is 4.38. The summed E-state index contributed by atoms with van der Waals surface area (Å²) in [6.07, 6.45) is 2.37. The van der Waals surface area contributed by atoms with E-state index in [1.807, 2.05) is 0 Å². The largest absolute Gasteiger partial charge is 0.314 e. The molecule has 102 valence electrons. The first kappa shape index (κ1) is 15.2. The minimum Gasteiger partial charge on any atom is -0.314 e. The van der Waals surface area contributed by atoms with Crippen LogP contribution in [0.4, 0.5) is 0 Å². The minimum absolute atomic E-state index is 0.590. The van der Waals surface area contributed by atoms with E-state index in [9.17, 15) is 0 Å². The van der Waals surface area contributed by atoms with Crippen LogP contribution in [0.2, 0.25) is 0 Å². The first-order valence-corrected chi connectivity index (χ1v) is 7.35. The molecule has 1 rings (SSSR count). The first-order valence-electron chi connectivity index (χ1n) is 7.35. The van der Waals surface area contributed by atoms with Crippen LogP contribution in [0.5, 0.6) is 0 Å². The molecule has 0 aliphatic heterocycles.